The molecule has 3 nitrogen and oxygen atoms in total. The van der Waals surface area contributed by atoms with Crippen molar-refractivity contribution < 1.29 is 13.9 Å². The standard InChI is InChI=1S/C14H15BrO3/c1-9-7-12(16-2)13(17-3)8-10(9)14(15)11-5-4-6-18-11/h4-8,14H,1-3H3. The maximum Gasteiger partial charge on any atom is 0.161 e. The first kappa shape index (κ1) is 13.0. The molecule has 2 rings (SSSR count). The Labute approximate surface area is 115 Å². The van der Waals surface area contributed by atoms with Crippen LogP contribution in [0.5, 0.6) is 11.5 Å². The van der Waals surface area contributed by atoms with E-state index in [9.17, 15) is 0 Å². The zero-order valence-electron chi connectivity index (χ0n) is 10.6. The monoisotopic (exact) mass is 310 g/mol. The summed E-state index contributed by atoms with van der Waals surface area (Å²) >= 11 is 3.64. The molecule has 1 aromatic carbocycles. The number of hydrogen-bond donors (Lipinski definition) is 0. The molecule has 2 aromatic rings. The maximum absolute atomic E-state index is 5.42. The Kier molecular flexibility index (Phi) is 3.97. The number of halogens is 1. The van der Waals surface area contributed by atoms with Gasteiger partial charge in [0, 0.05) is 0 Å². The summed E-state index contributed by atoms with van der Waals surface area (Å²) in [6.45, 7) is 2.04. The minimum absolute atomic E-state index is 0.00676. The third-order valence-electron chi connectivity index (χ3n) is 2.84. The van der Waals surface area contributed by atoms with Crippen LogP contribution in [0.25, 0.3) is 0 Å². The minimum atomic E-state index is 0.00676. The number of benzene rings is 1. The number of ether oxygens (including phenoxy) is 2. The molecule has 1 unspecified atom stereocenters. The fourth-order valence-corrected chi connectivity index (χ4v) is 2.61. The van der Waals surface area contributed by atoms with Gasteiger partial charge in [0.15, 0.2) is 11.5 Å². The third-order valence-corrected chi connectivity index (χ3v) is 3.78. The molecule has 0 bridgehead atoms. The van der Waals surface area contributed by atoms with Gasteiger partial charge in [-0.15, -0.1) is 0 Å². The van der Waals surface area contributed by atoms with Crippen LogP contribution in [-0.2, 0) is 0 Å². The highest BCUT2D eigenvalue weighted by Gasteiger charge is 2.18. The highest BCUT2D eigenvalue weighted by Crippen LogP contribution is 2.38. The molecule has 0 saturated heterocycles. The first-order chi connectivity index (χ1) is 8.67. The van der Waals surface area contributed by atoms with E-state index < -0.39 is 0 Å². The number of hydrogen-bond acceptors (Lipinski definition) is 3. The smallest absolute Gasteiger partial charge is 0.161 e. The van der Waals surface area contributed by atoms with E-state index in [1.807, 2.05) is 31.2 Å². The number of aryl methyl sites for hydroxylation is 1. The van der Waals surface area contributed by atoms with Crippen LogP contribution in [0.4, 0.5) is 0 Å². The third kappa shape index (κ3) is 2.38. The van der Waals surface area contributed by atoms with Gasteiger partial charge >= 0.3 is 0 Å². The molecule has 1 atom stereocenters. The summed E-state index contributed by atoms with van der Waals surface area (Å²) in [6.07, 6.45) is 1.67. The first-order valence-corrected chi connectivity index (χ1v) is 6.49. The van der Waals surface area contributed by atoms with Gasteiger partial charge in [-0.2, -0.15) is 0 Å². The van der Waals surface area contributed by atoms with Gasteiger partial charge in [-0.3, -0.25) is 0 Å². The predicted molar refractivity (Wildman–Crippen MR) is 73.8 cm³/mol. The molecule has 0 amide bonds. The molecular formula is C14H15BrO3. The largest absolute Gasteiger partial charge is 0.493 e. The van der Waals surface area contributed by atoms with Gasteiger partial charge in [0.2, 0.25) is 0 Å². The number of furan rings is 1. The van der Waals surface area contributed by atoms with E-state index in [0.717, 1.165) is 22.6 Å². The number of methoxy groups -OCH3 is 2. The second-order valence-corrected chi connectivity index (χ2v) is 4.86. The fourth-order valence-electron chi connectivity index (χ4n) is 1.86. The summed E-state index contributed by atoms with van der Waals surface area (Å²) in [5, 5.41) is 0. The van der Waals surface area contributed by atoms with Crippen LogP contribution in [0.15, 0.2) is 34.9 Å². The Morgan fingerprint density at radius 2 is 1.83 bits per heavy atom. The summed E-state index contributed by atoms with van der Waals surface area (Å²) in [7, 11) is 3.27. The Morgan fingerprint density at radius 1 is 1.17 bits per heavy atom. The van der Waals surface area contributed by atoms with Crippen molar-refractivity contribution in [3.8, 4) is 11.5 Å². The lowest BCUT2D eigenvalue weighted by Gasteiger charge is -2.15. The maximum atomic E-state index is 5.42. The van der Waals surface area contributed by atoms with Crippen LogP contribution in [0.3, 0.4) is 0 Å². The average molecular weight is 311 g/mol. The van der Waals surface area contributed by atoms with E-state index in [1.54, 1.807) is 20.5 Å². The molecule has 0 radical (unpaired) electrons. The summed E-state index contributed by atoms with van der Waals surface area (Å²) in [5.41, 5.74) is 2.22. The molecule has 0 saturated carbocycles. The molecule has 0 N–H and O–H groups in total. The van der Waals surface area contributed by atoms with Gasteiger partial charge in [-0.1, -0.05) is 15.9 Å². The van der Waals surface area contributed by atoms with E-state index >= 15 is 0 Å². The first-order valence-electron chi connectivity index (χ1n) is 5.57. The van der Waals surface area contributed by atoms with Crippen molar-refractivity contribution >= 4 is 15.9 Å². The summed E-state index contributed by atoms with van der Waals surface area (Å²) in [4.78, 5) is 0.00676. The van der Waals surface area contributed by atoms with Crippen molar-refractivity contribution in [1.29, 1.82) is 0 Å². The molecule has 18 heavy (non-hydrogen) atoms. The number of rotatable bonds is 4. The average Bonchev–Trinajstić information content (AvgIpc) is 2.91. The molecule has 0 aliphatic heterocycles. The molecule has 0 spiro atoms. The van der Waals surface area contributed by atoms with Crippen LogP contribution < -0.4 is 9.47 Å². The molecular weight excluding hydrogens is 296 g/mol. The summed E-state index contributed by atoms with van der Waals surface area (Å²) in [6, 6.07) is 7.75. The van der Waals surface area contributed by atoms with Crippen molar-refractivity contribution in [2.75, 3.05) is 14.2 Å². The SMILES string of the molecule is COc1cc(C)c(C(Br)c2ccco2)cc1OC. The van der Waals surface area contributed by atoms with Crippen LogP contribution >= 0.6 is 15.9 Å². The highest BCUT2D eigenvalue weighted by atomic mass is 79.9. The topological polar surface area (TPSA) is 31.6 Å². The van der Waals surface area contributed by atoms with Crippen LogP contribution in [-0.4, -0.2) is 14.2 Å². The van der Waals surface area contributed by atoms with E-state index in [2.05, 4.69) is 15.9 Å². The number of alkyl halides is 1. The van der Waals surface area contributed by atoms with Crippen molar-refractivity contribution in [1.82, 2.24) is 0 Å². The quantitative estimate of drug-likeness (QED) is 0.797. The Morgan fingerprint density at radius 3 is 2.39 bits per heavy atom. The van der Waals surface area contributed by atoms with Crippen LogP contribution in [0, 0.1) is 6.92 Å². The zero-order chi connectivity index (χ0) is 13.1. The molecule has 0 aliphatic rings. The lowest BCUT2D eigenvalue weighted by Crippen LogP contribution is -1.98. The van der Waals surface area contributed by atoms with Crippen molar-refractivity contribution in [3.63, 3.8) is 0 Å². The molecule has 0 fully saturated rings. The molecule has 1 aromatic heterocycles. The van der Waals surface area contributed by atoms with E-state index in [-0.39, 0.29) is 4.83 Å². The van der Waals surface area contributed by atoms with Crippen molar-refractivity contribution in [3.05, 3.63) is 47.4 Å². The Balaban J connectivity index is 2.45. The van der Waals surface area contributed by atoms with Gasteiger partial charge in [0.25, 0.3) is 0 Å². The second kappa shape index (κ2) is 5.48. The second-order valence-electron chi connectivity index (χ2n) is 3.94. The minimum Gasteiger partial charge on any atom is -0.493 e. The zero-order valence-corrected chi connectivity index (χ0v) is 12.2. The summed E-state index contributed by atoms with van der Waals surface area (Å²) < 4.78 is 16.0. The Hall–Kier alpha value is -1.42. The van der Waals surface area contributed by atoms with Crippen LogP contribution in [0.2, 0.25) is 0 Å². The van der Waals surface area contributed by atoms with E-state index in [0.29, 0.717) is 5.75 Å². The normalized spacial score (nSPS) is 12.2. The van der Waals surface area contributed by atoms with Gasteiger partial charge in [-0.05, 0) is 42.3 Å². The molecule has 4 heteroatoms. The van der Waals surface area contributed by atoms with Crippen molar-refractivity contribution in [2.24, 2.45) is 0 Å². The van der Waals surface area contributed by atoms with Crippen LogP contribution in [0.1, 0.15) is 21.7 Å². The lowest BCUT2D eigenvalue weighted by atomic mass is 10.0. The van der Waals surface area contributed by atoms with Gasteiger partial charge in [0.1, 0.15) is 5.76 Å². The predicted octanol–water partition coefficient (Wildman–Crippen LogP) is 4.09. The highest BCUT2D eigenvalue weighted by molar-refractivity contribution is 9.09. The molecule has 96 valence electrons. The van der Waals surface area contributed by atoms with Gasteiger partial charge < -0.3 is 13.9 Å². The van der Waals surface area contributed by atoms with Gasteiger partial charge in [0.05, 0.1) is 25.3 Å². The van der Waals surface area contributed by atoms with E-state index in [1.165, 1.54) is 0 Å². The Bertz CT molecular complexity index is 520. The molecule has 1 heterocycles. The lowest BCUT2D eigenvalue weighted by molar-refractivity contribution is 0.354. The van der Waals surface area contributed by atoms with Gasteiger partial charge in [-0.25, -0.2) is 0 Å². The fraction of sp³-hybridized carbons (Fsp3) is 0.286. The van der Waals surface area contributed by atoms with E-state index in [4.69, 9.17) is 13.9 Å². The van der Waals surface area contributed by atoms with Crippen molar-refractivity contribution in [2.45, 2.75) is 11.8 Å². The molecule has 0 aliphatic carbocycles. The summed E-state index contributed by atoms with van der Waals surface area (Å²) in [5.74, 6) is 2.32.